The molecule has 1 aliphatic heterocycles. The fraction of sp³-hybridized carbons (Fsp3) is 0.150. The van der Waals surface area contributed by atoms with Crippen molar-refractivity contribution in [2.75, 3.05) is 10.8 Å². The molecule has 14 heteroatoms. The van der Waals surface area contributed by atoms with Crippen LogP contribution in [0.2, 0.25) is 10.4 Å². The SMILES string of the molecule is O=[N+]([O-])c1ccccc1S(=O)(=O)N1CC(n2cnc3nc(Cl)nc(Cl)c32)OCc2ccccc21. The van der Waals surface area contributed by atoms with Crippen LogP contribution in [-0.2, 0) is 21.4 Å². The third-order valence-electron chi connectivity index (χ3n) is 5.31. The van der Waals surface area contributed by atoms with E-state index in [-0.39, 0.29) is 29.2 Å². The highest BCUT2D eigenvalue weighted by Gasteiger charge is 2.37. The molecular weight excluding hydrogens is 507 g/mol. The van der Waals surface area contributed by atoms with Gasteiger partial charge in [0, 0.05) is 11.6 Å². The Kier molecular flexibility index (Phi) is 5.60. The third kappa shape index (κ3) is 3.74. The summed E-state index contributed by atoms with van der Waals surface area (Å²) in [5, 5.41) is 11.5. The molecule has 5 rings (SSSR count). The van der Waals surface area contributed by atoms with Gasteiger partial charge in [0.2, 0.25) is 5.28 Å². The molecule has 0 aliphatic carbocycles. The summed E-state index contributed by atoms with van der Waals surface area (Å²) in [4.78, 5) is 22.6. The number of rotatable bonds is 4. The van der Waals surface area contributed by atoms with Crippen LogP contribution in [0.3, 0.4) is 0 Å². The van der Waals surface area contributed by atoms with E-state index >= 15 is 0 Å². The standard InChI is InChI=1S/C20H14Cl2N6O5S/c21-18-17-19(25-20(22)24-18)23-11-26(17)16-9-27(13-6-2-1-5-12(13)10-33-16)34(31,32)15-8-4-3-7-14(15)28(29)30/h1-8,11,16H,9-10H2. The molecule has 1 unspecified atom stereocenters. The quantitative estimate of drug-likeness (QED) is 0.171. The number of para-hydroxylation sites is 2. The predicted octanol–water partition coefficient (Wildman–Crippen LogP) is 3.97. The Labute approximate surface area is 202 Å². The number of anilines is 1. The second-order valence-electron chi connectivity index (χ2n) is 7.26. The second kappa shape index (κ2) is 8.47. The first-order valence-electron chi connectivity index (χ1n) is 9.78. The highest BCUT2D eigenvalue weighted by atomic mass is 35.5. The molecule has 3 heterocycles. The Bertz CT molecular complexity index is 1540. The van der Waals surface area contributed by atoms with Crippen LogP contribution in [0.25, 0.3) is 11.2 Å². The Hall–Kier alpha value is -3.32. The molecule has 0 saturated carbocycles. The summed E-state index contributed by atoms with van der Waals surface area (Å²) in [7, 11) is -4.38. The maximum atomic E-state index is 13.8. The van der Waals surface area contributed by atoms with E-state index in [4.69, 9.17) is 27.9 Å². The van der Waals surface area contributed by atoms with E-state index < -0.39 is 31.8 Å². The lowest BCUT2D eigenvalue weighted by Crippen LogP contribution is -2.36. The molecule has 1 aliphatic rings. The van der Waals surface area contributed by atoms with Gasteiger partial charge < -0.3 is 4.74 Å². The van der Waals surface area contributed by atoms with Crippen LogP contribution in [0, 0.1) is 10.1 Å². The number of hydrogen-bond acceptors (Lipinski definition) is 8. The molecule has 2 aromatic carbocycles. The first kappa shape index (κ1) is 22.5. The molecule has 0 N–H and O–H groups in total. The largest absolute Gasteiger partial charge is 0.351 e. The summed E-state index contributed by atoms with van der Waals surface area (Å²) < 4.78 is 36.2. The zero-order valence-electron chi connectivity index (χ0n) is 17.1. The van der Waals surface area contributed by atoms with Gasteiger partial charge in [0.15, 0.2) is 21.9 Å². The molecule has 11 nitrogen and oxygen atoms in total. The van der Waals surface area contributed by atoms with E-state index in [0.29, 0.717) is 16.8 Å². The van der Waals surface area contributed by atoms with Crippen molar-refractivity contribution >= 4 is 55.8 Å². The summed E-state index contributed by atoms with van der Waals surface area (Å²) in [5.74, 6) is 0. The van der Waals surface area contributed by atoms with Gasteiger partial charge in [-0.1, -0.05) is 41.9 Å². The zero-order valence-corrected chi connectivity index (χ0v) is 19.4. The highest BCUT2D eigenvalue weighted by Crippen LogP contribution is 2.37. The second-order valence-corrected chi connectivity index (χ2v) is 9.79. The lowest BCUT2D eigenvalue weighted by Gasteiger charge is -2.27. The van der Waals surface area contributed by atoms with Crippen LogP contribution in [0.5, 0.6) is 0 Å². The van der Waals surface area contributed by atoms with E-state index in [1.54, 1.807) is 24.3 Å². The number of ether oxygens (including phenoxy) is 1. The molecule has 1 atom stereocenters. The first-order valence-corrected chi connectivity index (χ1v) is 12.0. The van der Waals surface area contributed by atoms with Crippen molar-refractivity contribution in [3.63, 3.8) is 0 Å². The smallest absolute Gasteiger partial charge is 0.289 e. The van der Waals surface area contributed by atoms with Crippen molar-refractivity contribution in [2.45, 2.75) is 17.7 Å². The van der Waals surface area contributed by atoms with Crippen molar-refractivity contribution in [1.29, 1.82) is 0 Å². The Morgan fingerprint density at radius 1 is 1.09 bits per heavy atom. The number of hydrogen-bond donors (Lipinski definition) is 0. The topological polar surface area (TPSA) is 133 Å². The third-order valence-corrected chi connectivity index (χ3v) is 7.57. The first-order chi connectivity index (χ1) is 16.3. The molecule has 0 saturated heterocycles. The van der Waals surface area contributed by atoms with E-state index in [9.17, 15) is 18.5 Å². The fourth-order valence-corrected chi connectivity index (χ4v) is 5.92. The maximum absolute atomic E-state index is 13.8. The van der Waals surface area contributed by atoms with Crippen LogP contribution in [0.1, 0.15) is 11.8 Å². The molecule has 4 aromatic rings. The predicted molar refractivity (Wildman–Crippen MR) is 123 cm³/mol. The lowest BCUT2D eigenvalue weighted by atomic mass is 10.2. The summed E-state index contributed by atoms with van der Waals surface area (Å²) in [5.41, 5.74) is 0.925. The summed E-state index contributed by atoms with van der Waals surface area (Å²) >= 11 is 12.1. The van der Waals surface area contributed by atoms with Gasteiger partial charge in [0.1, 0.15) is 5.52 Å². The Morgan fingerprint density at radius 3 is 2.62 bits per heavy atom. The minimum Gasteiger partial charge on any atom is -0.351 e. The number of imidazole rings is 1. The average molecular weight is 521 g/mol. The molecule has 34 heavy (non-hydrogen) atoms. The number of fused-ring (bicyclic) bond motifs is 2. The molecule has 2 aromatic heterocycles. The van der Waals surface area contributed by atoms with E-state index in [0.717, 1.165) is 10.4 Å². The summed E-state index contributed by atoms with van der Waals surface area (Å²) in [6.45, 7) is -0.161. The number of aromatic nitrogens is 4. The maximum Gasteiger partial charge on any atom is 0.289 e. The molecule has 0 amide bonds. The molecule has 0 spiro atoms. The van der Waals surface area contributed by atoms with Gasteiger partial charge in [-0.15, -0.1) is 0 Å². The normalized spacial score (nSPS) is 16.3. The van der Waals surface area contributed by atoms with Gasteiger partial charge in [-0.2, -0.15) is 4.98 Å². The highest BCUT2D eigenvalue weighted by molar-refractivity contribution is 7.93. The van der Waals surface area contributed by atoms with Gasteiger partial charge >= 0.3 is 0 Å². The van der Waals surface area contributed by atoms with Crippen LogP contribution in [0.4, 0.5) is 11.4 Å². The minimum atomic E-state index is -4.38. The van der Waals surface area contributed by atoms with E-state index in [1.807, 2.05) is 0 Å². The molecule has 174 valence electrons. The van der Waals surface area contributed by atoms with Crippen LogP contribution in [-0.4, -0.2) is 39.4 Å². The van der Waals surface area contributed by atoms with Gasteiger partial charge in [-0.05, 0) is 23.7 Å². The molecular formula is C20H14Cl2N6O5S. The van der Waals surface area contributed by atoms with Crippen LogP contribution in [0.15, 0.2) is 59.8 Å². The number of benzene rings is 2. The molecule has 0 radical (unpaired) electrons. The summed E-state index contributed by atoms with van der Waals surface area (Å²) in [6.07, 6.45) is 0.495. The van der Waals surface area contributed by atoms with Crippen LogP contribution < -0.4 is 4.31 Å². The van der Waals surface area contributed by atoms with Gasteiger partial charge in [-0.3, -0.25) is 19.0 Å². The fourth-order valence-electron chi connectivity index (χ4n) is 3.79. The van der Waals surface area contributed by atoms with Crippen molar-refractivity contribution < 1.29 is 18.1 Å². The Morgan fingerprint density at radius 2 is 1.82 bits per heavy atom. The van der Waals surface area contributed by atoms with Crippen LogP contribution >= 0.6 is 23.2 Å². The number of sulfonamides is 1. The lowest BCUT2D eigenvalue weighted by molar-refractivity contribution is -0.387. The minimum absolute atomic E-state index is 0.0194. The number of nitro benzene ring substituents is 1. The monoisotopic (exact) mass is 520 g/mol. The zero-order chi connectivity index (χ0) is 24.0. The van der Waals surface area contributed by atoms with Crippen molar-refractivity contribution in [3.8, 4) is 0 Å². The van der Waals surface area contributed by atoms with Gasteiger partial charge in [0.05, 0.1) is 30.1 Å². The summed E-state index contributed by atoms with van der Waals surface area (Å²) in [6, 6.07) is 12.0. The number of nitro groups is 1. The van der Waals surface area contributed by atoms with E-state index in [2.05, 4.69) is 15.0 Å². The van der Waals surface area contributed by atoms with Gasteiger partial charge in [0.25, 0.3) is 15.7 Å². The van der Waals surface area contributed by atoms with Crippen molar-refractivity contribution in [2.24, 2.45) is 0 Å². The molecule has 0 fully saturated rings. The number of nitrogens with zero attached hydrogens (tertiary/aromatic N) is 6. The number of halogens is 2. The molecule has 0 bridgehead atoms. The van der Waals surface area contributed by atoms with E-state index in [1.165, 1.54) is 29.1 Å². The average Bonchev–Trinajstić information content (AvgIpc) is 3.13. The van der Waals surface area contributed by atoms with Crippen molar-refractivity contribution in [3.05, 3.63) is 81.0 Å². The Balaban J connectivity index is 1.67. The van der Waals surface area contributed by atoms with Crippen molar-refractivity contribution in [1.82, 2.24) is 19.5 Å². The van der Waals surface area contributed by atoms with Gasteiger partial charge in [-0.25, -0.2) is 18.4 Å².